The molecule has 0 spiro atoms. The molecule has 0 fully saturated rings. The van der Waals surface area contributed by atoms with Crippen molar-refractivity contribution in [2.24, 2.45) is 0 Å². The first-order chi connectivity index (χ1) is 7.08. The monoisotopic (exact) mass is 226 g/mol. The Kier molecular flexibility index (Phi) is 2.24. The lowest BCUT2D eigenvalue weighted by atomic mass is 10.2. The van der Waals surface area contributed by atoms with Gasteiger partial charge in [0.15, 0.2) is 11.0 Å². The smallest absolute Gasteiger partial charge is 0.258 e. The summed E-state index contributed by atoms with van der Waals surface area (Å²) in [7, 11) is 0. The zero-order valence-electron chi connectivity index (χ0n) is 7.28. The molecule has 0 saturated heterocycles. The number of fused-ring (bicyclic) bond motifs is 1. The summed E-state index contributed by atoms with van der Waals surface area (Å²) in [6, 6.07) is 5.10. The van der Waals surface area contributed by atoms with E-state index in [9.17, 15) is 14.5 Å². The van der Waals surface area contributed by atoms with Gasteiger partial charge >= 0.3 is 0 Å². The van der Waals surface area contributed by atoms with Crippen molar-refractivity contribution >= 4 is 28.2 Å². The fourth-order valence-electron chi connectivity index (χ4n) is 1.23. The van der Waals surface area contributed by atoms with E-state index in [1.807, 2.05) is 0 Å². The fraction of sp³-hybridized carbons (Fsp3) is 0. The lowest BCUT2D eigenvalue weighted by Crippen LogP contribution is -1.90. The molecule has 0 aliphatic heterocycles. The molecule has 0 aliphatic rings. The maximum Gasteiger partial charge on any atom is 0.270 e. The Morgan fingerprint density at radius 1 is 1.40 bits per heavy atom. The summed E-state index contributed by atoms with van der Waals surface area (Å²) in [6.45, 7) is 0. The highest BCUT2D eigenvalue weighted by molar-refractivity contribution is 6.29. The molecule has 15 heavy (non-hydrogen) atoms. The van der Waals surface area contributed by atoms with Gasteiger partial charge in [-0.25, -0.2) is 9.37 Å². The molecule has 1 aromatic heterocycles. The number of halogens is 2. The van der Waals surface area contributed by atoms with Crippen molar-refractivity contribution in [3.63, 3.8) is 0 Å². The predicted molar refractivity (Wildman–Crippen MR) is 53.4 cm³/mol. The SMILES string of the molecule is O=[N+]([O-])c1ccc2nc(Cl)c(F)cc2c1. The van der Waals surface area contributed by atoms with Gasteiger partial charge in [-0.1, -0.05) is 11.6 Å². The molecule has 2 rings (SSSR count). The van der Waals surface area contributed by atoms with Gasteiger partial charge in [0.2, 0.25) is 0 Å². The predicted octanol–water partition coefficient (Wildman–Crippen LogP) is 2.94. The standard InChI is InChI=1S/C9H4ClFN2O2/c10-9-7(11)4-5-3-6(13(14)15)1-2-8(5)12-9/h1-4H. The topological polar surface area (TPSA) is 56.0 Å². The van der Waals surface area contributed by atoms with Crippen LogP contribution in [0.3, 0.4) is 0 Å². The summed E-state index contributed by atoms with van der Waals surface area (Å²) >= 11 is 5.47. The van der Waals surface area contributed by atoms with E-state index in [0.717, 1.165) is 6.07 Å². The van der Waals surface area contributed by atoms with Gasteiger partial charge in [-0.05, 0) is 12.1 Å². The number of hydrogen-bond acceptors (Lipinski definition) is 3. The zero-order chi connectivity index (χ0) is 11.0. The van der Waals surface area contributed by atoms with Crippen molar-refractivity contribution < 1.29 is 9.31 Å². The molecule has 0 unspecified atom stereocenters. The van der Waals surface area contributed by atoms with Gasteiger partial charge in [0, 0.05) is 17.5 Å². The van der Waals surface area contributed by atoms with Crippen molar-refractivity contribution in [1.29, 1.82) is 0 Å². The van der Waals surface area contributed by atoms with Crippen molar-refractivity contribution in [3.05, 3.63) is 45.4 Å². The minimum absolute atomic E-state index is 0.106. The number of benzene rings is 1. The summed E-state index contributed by atoms with van der Waals surface area (Å²) in [4.78, 5) is 13.7. The van der Waals surface area contributed by atoms with E-state index in [1.54, 1.807) is 0 Å². The third kappa shape index (κ3) is 1.73. The van der Waals surface area contributed by atoms with Crippen LogP contribution in [0.5, 0.6) is 0 Å². The van der Waals surface area contributed by atoms with Crippen LogP contribution in [0.15, 0.2) is 24.3 Å². The van der Waals surface area contributed by atoms with Crippen molar-refractivity contribution in [2.75, 3.05) is 0 Å². The van der Waals surface area contributed by atoms with Crippen LogP contribution >= 0.6 is 11.6 Å². The Labute approximate surface area is 88.5 Å². The summed E-state index contributed by atoms with van der Waals surface area (Å²) in [5.41, 5.74) is 0.318. The molecular formula is C9H4ClFN2O2. The average molecular weight is 227 g/mol. The molecule has 2 aromatic rings. The van der Waals surface area contributed by atoms with Crippen LogP contribution in [0.2, 0.25) is 5.15 Å². The van der Waals surface area contributed by atoms with Crippen molar-refractivity contribution in [3.8, 4) is 0 Å². The van der Waals surface area contributed by atoms with Crippen LogP contribution in [0.1, 0.15) is 0 Å². The molecule has 0 atom stereocenters. The lowest BCUT2D eigenvalue weighted by molar-refractivity contribution is -0.384. The van der Waals surface area contributed by atoms with E-state index in [1.165, 1.54) is 18.2 Å². The van der Waals surface area contributed by atoms with Crippen LogP contribution in [0.4, 0.5) is 10.1 Å². The second-order valence-electron chi connectivity index (χ2n) is 2.90. The number of nitro groups is 1. The van der Waals surface area contributed by atoms with E-state index in [4.69, 9.17) is 11.6 Å². The molecule has 76 valence electrons. The van der Waals surface area contributed by atoms with Gasteiger partial charge in [-0.2, -0.15) is 0 Å². The quantitative estimate of drug-likeness (QED) is 0.427. The minimum atomic E-state index is -0.690. The molecule has 0 bridgehead atoms. The summed E-state index contributed by atoms with van der Waals surface area (Å²) in [5.74, 6) is -0.690. The highest BCUT2D eigenvalue weighted by atomic mass is 35.5. The van der Waals surface area contributed by atoms with Gasteiger partial charge < -0.3 is 0 Å². The Bertz CT molecular complexity index is 559. The number of non-ortho nitro benzene ring substituents is 1. The molecule has 6 heteroatoms. The maximum absolute atomic E-state index is 13.0. The van der Waals surface area contributed by atoms with Crippen LogP contribution in [0, 0.1) is 15.9 Å². The molecule has 0 amide bonds. The van der Waals surface area contributed by atoms with E-state index in [-0.39, 0.29) is 10.8 Å². The van der Waals surface area contributed by atoms with Gasteiger partial charge in [0.1, 0.15) is 0 Å². The number of pyridine rings is 1. The number of hydrogen-bond donors (Lipinski definition) is 0. The van der Waals surface area contributed by atoms with Crippen LogP contribution < -0.4 is 0 Å². The lowest BCUT2D eigenvalue weighted by Gasteiger charge is -1.98. The number of nitrogens with zero attached hydrogens (tertiary/aromatic N) is 2. The highest BCUT2D eigenvalue weighted by Gasteiger charge is 2.09. The van der Waals surface area contributed by atoms with Gasteiger partial charge in [0.25, 0.3) is 5.69 Å². The normalized spacial score (nSPS) is 10.5. The minimum Gasteiger partial charge on any atom is -0.258 e. The summed E-state index contributed by atoms with van der Waals surface area (Å²) < 4.78 is 13.0. The summed E-state index contributed by atoms with van der Waals surface area (Å²) in [5, 5.41) is 10.6. The van der Waals surface area contributed by atoms with Gasteiger partial charge in [-0.3, -0.25) is 10.1 Å². The Morgan fingerprint density at radius 2 is 2.13 bits per heavy atom. The first-order valence-electron chi connectivity index (χ1n) is 3.98. The van der Waals surface area contributed by atoms with Gasteiger partial charge in [-0.15, -0.1) is 0 Å². The molecule has 0 N–H and O–H groups in total. The van der Waals surface area contributed by atoms with Crippen LogP contribution in [0.25, 0.3) is 10.9 Å². The number of nitro benzene ring substituents is 1. The molecule has 1 aromatic carbocycles. The number of aromatic nitrogens is 1. The molecule has 4 nitrogen and oxygen atoms in total. The van der Waals surface area contributed by atoms with Crippen molar-refractivity contribution in [2.45, 2.75) is 0 Å². The highest BCUT2D eigenvalue weighted by Crippen LogP contribution is 2.23. The summed E-state index contributed by atoms with van der Waals surface area (Å²) in [6.07, 6.45) is 0. The third-order valence-corrected chi connectivity index (χ3v) is 2.18. The Morgan fingerprint density at radius 3 is 2.80 bits per heavy atom. The Balaban J connectivity index is 2.72. The van der Waals surface area contributed by atoms with Gasteiger partial charge in [0.05, 0.1) is 10.4 Å². The molecule has 0 saturated carbocycles. The molecule has 0 radical (unpaired) electrons. The van der Waals surface area contributed by atoms with E-state index in [0.29, 0.717) is 10.9 Å². The van der Waals surface area contributed by atoms with Crippen LogP contribution in [-0.2, 0) is 0 Å². The van der Waals surface area contributed by atoms with Crippen LogP contribution in [-0.4, -0.2) is 9.91 Å². The van der Waals surface area contributed by atoms with E-state index >= 15 is 0 Å². The third-order valence-electron chi connectivity index (χ3n) is 1.92. The molecule has 1 heterocycles. The first kappa shape index (κ1) is 9.79. The van der Waals surface area contributed by atoms with Crippen molar-refractivity contribution in [1.82, 2.24) is 4.98 Å². The average Bonchev–Trinajstić information content (AvgIpc) is 2.19. The number of rotatable bonds is 1. The zero-order valence-corrected chi connectivity index (χ0v) is 8.03. The second-order valence-corrected chi connectivity index (χ2v) is 3.25. The first-order valence-corrected chi connectivity index (χ1v) is 4.36. The fourth-order valence-corrected chi connectivity index (χ4v) is 1.37. The second kappa shape index (κ2) is 3.43. The van der Waals surface area contributed by atoms with E-state index in [2.05, 4.69) is 4.98 Å². The Hall–Kier alpha value is -1.75. The molecular weight excluding hydrogens is 223 g/mol. The molecule has 0 aliphatic carbocycles. The maximum atomic E-state index is 13.0. The van der Waals surface area contributed by atoms with E-state index < -0.39 is 10.7 Å². The largest absolute Gasteiger partial charge is 0.270 e.